The van der Waals surface area contributed by atoms with Gasteiger partial charge in [-0.05, 0) is 48.1 Å². The number of aliphatic carboxylic acids is 2. The molecule has 2 heterocycles. The van der Waals surface area contributed by atoms with Gasteiger partial charge in [0, 0.05) is 16.5 Å². The molecule has 1 fully saturated rings. The first-order valence-corrected chi connectivity index (χ1v) is 12.8. The van der Waals surface area contributed by atoms with Gasteiger partial charge in [0.15, 0.2) is 10.9 Å². The van der Waals surface area contributed by atoms with Crippen LogP contribution in [0.15, 0.2) is 78.5 Å². The van der Waals surface area contributed by atoms with Gasteiger partial charge in [0.05, 0.1) is 11.1 Å². The summed E-state index contributed by atoms with van der Waals surface area (Å²) in [4.78, 5) is 54.5. The average molecular weight is 584 g/mol. The Hall–Kier alpha value is -5.62. The van der Waals surface area contributed by atoms with Crippen molar-refractivity contribution < 1.29 is 39.6 Å². The number of hydrogen-bond donors (Lipinski definition) is 4. The molecule has 0 radical (unpaired) electrons. The summed E-state index contributed by atoms with van der Waals surface area (Å²) in [6.45, 7) is -1.32. The molecule has 1 aromatic heterocycles. The summed E-state index contributed by atoms with van der Waals surface area (Å²) < 4.78 is 0. The summed E-state index contributed by atoms with van der Waals surface area (Å²) in [6, 6.07) is 13.4. The number of rotatable bonds is 8. The topological polar surface area (TPSA) is 169 Å². The number of carboxylic acids is 2. The number of aliphatic hydroxyl groups excluding tert-OH is 1. The van der Waals surface area contributed by atoms with E-state index in [1.807, 2.05) is 0 Å². The van der Waals surface area contributed by atoms with E-state index in [-0.39, 0.29) is 39.1 Å². The van der Waals surface area contributed by atoms with Gasteiger partial charge in [0.1, 0.15) is 36.0 Å². The quantitative estimate of drug-likeness (QED) is 0.174. The molecule has 4 N–H and O–H groups in total. The highest BCUT2D eigenvalue weighted by molar-refractivity contribution is 7.80. The average Bonchev–Trinajstić information content (AvgIpc) is 3.31. The lowest BCUT2D eigenvalue weighted by Crippen LogP contribution is -2.38. The summed E-state index contributed by atoms with van der Waals surface area (Å²) in [7, 11) is 0. The van der Waals surface area contributed by atoms with E-state index >= 15 is 0 Å². The summed E-state index contributed by atoms with van der Waals surface area (Å²) in [5.74, 6) is -4.28. The van der Waals surface area contributed by atoms with Gasteiger partial charge in [-0.2, -0.15) is 0 Å². The fourth-order valence-electron chi connectivity index (χ4n) is 4.64. The van der Waals surface area contributed by atoms with Crippen molar-refractivity contribution in [3.05, 3.63) is 101 Å². The second-order valence-corrected chi connectivity index (χ2v) is 9.62. The van der Waals surface area contributed by atoms with Gasteiger partial charge in [-0.15, -0.1) is 0 Å². The summed E-state index contributed by atoms with van der Waals surface area (Å²) in [6.07, 6.45) is 7.61. The number of carboxylic acid groups (broad SMARTS) is 2. The molecule has 1 saturated heterocycles. The molecular formula is C30H21N3O8S. The number of carbonyl (C=O) groups is 4. The smallest absolute Gasteiger partial charge is 0.323 e. The van der Waals surface area contributed by atoms with Crippen molar-refractivity contribution in [3.63, 3.8) is 0 Å². The third-order valence-electron chi connectivity index (χ3n) is 6.52. The molecule has 11 nitrogen and oxygen atoms in total. The van der Waals surface area contributed by atoms with Crippen LogP contribution in [0.5, 0.6) is 5.75 Å². The Labute approximate surface area is 243 Å². The molecule has 0 saturated carbocycles. The fourth-order valence-corrected chi connectivity index (χ4v) is 4.95. The van der Waals surface area contributed by atoms with Crippen LogP contribution in [-0.2, 0) is 14.4 Å². The second kappa shape index (κ2) is 11.1. The van der Waals surface area contributed by atoms with Gasteiger partial charge in [0.2, 0.25) is 0 Å². The number of hydrogen-bond acceptors (Lipinski definition) is 8. The molecule has 0 bridgehead atoms. The molecule has 1 aliphatic heterocycles. The van der Waals surface area contributed by atoms with Crippen LogP contribution in [0.4, 0.5) is 0 Å². The van der Waals surface area contributed by atoms with Crippen LogP contribution >= 0.6 is 12.2 Å². The Balaban J connectivity index is 1.35. The Morgan fingerprint density at radius 3 is 2.33 bits per heavy atom. The predicted molar refractivity (Wildman–Crippen MR) is 156 cm³/mol. The zero-order valence-corrected chi connectivity index (χ0v) is 22.4. The van der Waals surface area contributed by atoms with Crippen LogP contribution in [0.1, 0.15) is 27.2 Å². The summed E-state index contributed by atoms with van der Waals surface area (Å²) >= 11 is 5.10. The Morgan fingerprint density at radius 2 is 1.60 bits per heavy atom. The number of ketones is 1. The maximum absolute atomic E-state index is 13.3. The minimum absolute atomic E-state index is 0.0136. The lowest BCUT2D eigenvalue weighted by atomic mass is 10.0. The standard InChI is InChI=1S/C30H21N3O8S/c34-22-13-17-7-4-5-8-20(17)31-26(22)25-27(39)18-11-10-16(12-19(18)28(25)40)6-2-1-3-9-21-29(41)33(15-24(37)38)30(42)32(21)14-23(35)36/h1-13,34,39H,14-15H2,(H,35,36)(H,37,38)/b3-1+,6-2+,21-9+. The molecule has 210 valence electrons. The normalized spacial score (nSPS) is 16.2. The highest BCUT2D eigenvalue weighted by Crippen LogP contribution is 2.40. The largest absolute Gasteiger partial charge is 0.506 e. The highest BCUT2D eigenvalue weighted by Gasteiger charge is 2.39. The van der Waals surface area contributed by atoms with Crippen LogP contribution in [-0.4, -0.2) is 77.0 Å². The zero-order chi connectivity index (χ0) is 30.1. The maximum atomic E-state index is 13.3. The SMILES string of the molecule is O=C(O)CN1C(=O)\C(=C/C=C/C=C/c2ccc3c(c2)C(=O)C(c2nc4ccccc4cc2O)=C3O)N(CC(=O)O)C1=S. The number of para-hydroxylation sites is 1. The number of fused-ring (bicyclic) bond motifs is 2. The minimum atomic E-state index is -1.30. The van der Waals surface area contributed by atoms with E-state index < -0.39 is 36.7 Å². The predicted octanol–water partition coefficient (Wildman–Crippen LogP) is 3.61. The number of benzene rings is 2. The second-order valence-electron chi connectivity index (χ2n) is 9.25. The van der Waals surface area contributed by atoms with E-state index in [0.717, 1.165) is 9.80 Å². The number of nitrogens with zero attached hydrogens (tertiary/aromatic N) is 3. The number of aromatic nitrogens is 1. The third-order valence-corrected chi connectivity index (χ3v) is 6.96. The van der Waals surface area contributed by atoms with Crippen LogP contribution < -0.4 is 0 Å². The van der Waals surface area contributed by atoms with Crippen LogP contribution in [0.2, 0.25) is 0 Å². The number of Topliss-reactive ketones (excluding diaryl/α,β-unsaturated/α-hetero) is 1. The van der Waals surface area contributed by atoms with Gasteiger partial charge in [-0.25, -0.2) is 4.98 Å². The van der Waals surface area contributed by atoms with Gasteiger partial charge in [-0.1, -0.05) is 48.6 Å². The van der Waals surface area contributed by atoms with Crippen molar-refractivity contribution >= 4 is 69.3 Å². The van der Waals surface area contributed by atoms with Crippen molar-refractivity contribution in [1.82, 2.24) is 14.8 Å². The number of allylic oxidation sites excluding steroid dienone is 5. The van der Waals surface area contributed by atoms with E-state index in [1.54, 1.807) is 60.7 Å². The number of aliphatic hydroxyl groups is 1. The molecule has 1 aliphatic carbocycles. The van der Waals surface area contributed by atoms with E-state index in [2.05, 4.69) is 4.98 Å². The number of aromatic hydroxyl groups is 1. The molecule has 2 aromatic carbocycles. The molecule has 3 aromatic rings. The molecule has 42 heavy (non-hydrogen) atoms. The number of thiocarbonyl (C=S) groups is 1. The molecular weight excluding hydrogens is 562 g/mol. The van der Waals surface area contributed by atoms with Crippen LogP contribution in [0.25, 0.3) is 28.3 Å². The van der Waals surface area contributed by atoms with E-state index in [9.17, 15) is 34.5 Å². The third kappa shape index (κ3) is 5.13. The summed E-state index contributed by atoms with van der Waals surface area (Å²) in [5, 5.41) is 40.1. The number of pyridine rings is 1. The Bertz CT molecular complexity index is 1840. The van der Waals surface area contributed by atoms with Crippen LogP contribution in [0, 0.1) is 0 Å². The molecule has 5 rings (SSSR count). The van der Waals surface area contributed by atoms with Crippen molar-refractivity contribution in [1.29, 1.82) is 0 Å². The Morgan fingerprint density at radius 1 is 0.881 bits per heavy atom. The fraction of sp³-hybridized carbons (Fsp3) is 0.0667. The number of amides is 1. The van der Waals surface area contributed by atoms with Crippen molar-refractivity contribution in [2.45, 2.75) is 0 Å². The molecule has 0 unspecified atom stereocenters. The van der Waals surface area contributed by atoms with E-state index in [0.29, 0.717) is 22.0 Å². The van der Waals surface area contributed by atoms with E-state index in [4.69, 9.17) is 17.3 Å². The van der Waals surface area contributed by atoms with Gasteiger partial charge < -0.3 is 25.3 Å². The van der Waals surface area contributed by atoms with Crippen molar-refractivity contribution in [2.24, 2.45) is 0 Å². The molecule has 0 atom stereocenters. The number of carbonyl (C=O) groups excluding carboxylic acids is 2. The van der Waals surface area contributed by atoms with Crippen molar-refractivity contribution in [3.8, 4) is 5.75 Å². The van der Waals surface area contributed by atoms with Gasteiger partial charge >= 0.3 is 11.9 Å². The zero-order valence-electron chi connectivity index (χ0n) is 21.6. The first-order valence-electron chi connectivity index (χ1n) is 12.4. The molecule has 12 heteroatoms. The first-order chi connectivity index (χ1) is 20.1. The molecule has 1 amide bonds. The monoisotopic (exact) mass is 583 g/mol. The lowest BCUT2D eigenvalue weighted by molar-refractivity contribution is -0.140. The Kier molecular flexibility index (Phi) is 7.38. The van der Waals surface area contributed by atoms with Crippen LogP contribution in [0.3, 0.4) is 0 Å². The molecule has 0 spiro atoms. The lowest BCUT2D eigenvalue weighted by Gasteiger charge is -2.16. The summed E-state index contributed by atoms with van der Waals surface area (Å²) in [5.41, 5.74) is 1.52. The highest BCUT2D eigenvalue weighted by atomic mass is 32.1. The van der Waals surface area contributed by atoms with Gasteiger partial charge in [-0.3, -0.25) is 24.1 Å². The minimum Gasteiger partial charge on any atom is -0.506 e. The van der Waals surface area contributed by atoms with Gasteiger partial charge in [0.25, 0.3) is 5.91 Å². The maximum Gasteiger partial charge on any atom is 0.323 e. The first kappa shape index (κ1) is 27.9. The van der Waals surface area contributed by atoms with E-state index in [1.165, 1.54) is 18.2 Å². The van der Waals surface area contributed by atoms with Crippen molar-refractivity contribution in [2.75, 3.05) is 13.1 Å². The molecule has 2 aliphatic rings.